The van der Waals surface area contributed by atoms with Crippen LogP contribution in [0.3, 0.4) is 0 Å². The van der Waals surface area contributed by atoms with Gasteiger partial charge in [-0.15, -0.1) is 0 Å². The first kappa shape index (κ1) is 8.81. The fraction of sp³-hybridized carbons (Fsp3) is 0.636. The predicted molar refractivity (Wildman–Crippen MR) is 55.5 cm³/mol. The van der Waals surface area contributed by atoms with Crippen LogP contribution in [-0.2, 0) is 6.42 Å². The number of hydrogen-bond acceptors (Lipinski definition) is 2. The zero-order chi connectivity index (χ0) is 9.76. The molecule has 14 heavy (non-hydrogen) atoms. The largest absolute Gasteiger partial charge is 0.449 e. The van der Waals surface area contributed by atoms with Crippen LogP contribution in [0.15, 0.2) is 10.5 Å². The van der Waals surface area contributed by atoms with Crippen molar-refractivity contribution in [2.45, 2.75) is 31.6 Å². The van der Waals surface area contributed by atoms with Crippen molar-refractivity contribution in [2.75, 3.05) is 6.54 Å². The van der Waals surface area contributed by atoms with Gasteiger partial charge in [-0.05, 0) is 54.3 Å². The molecule has 0 saturated heterocycles. The Morgan fingerprint density at radius 2 is 2.29 bits per heavy atom. The molecule has 76 valence electrons. The number of aryl methyl sites for hydroxylation is 1. The van der Waals surface area contributed by atoms with E-state index in [2.05, 4.69) is 0 Å². The number of halogens is 1. The molecule has 0 aliphatic heterocycles. The number of rotatable bonds is 1. The van der Waals surface area contributed by atoms with E-state index in [4.69, 9.17) is 21.8 Å². The van der Waals surface area contributed by atoms with Gasteiger partial charge >= 0.3 is 0 Å². The molecule has 1 unspecified atom stereocenters. The first-order valence-electron chi connectivity index (χ1n) is 5.23. The Morgan fingerprint density at radius 1 is 1.50 bits per heavy atom. The van der Waals surface area contributed by atoms with E-state index in [9.17, 15) is 0 Å². The third kappa shape index (κ3) is 1.07. The minimum atomic E-state index is 0.416. The number of fused-ring (bicyclic) bond motifs is 1. The Kier molecular flexibility index (Phi) is 1.74. The van der Waals surface area contributed by atoms with Gasteiger partial charge in [0.25, 0.3) is 0 Å². The fourth-order valence-corrected chi connectivity index (χ4v) is 3.07. The SMILES string of the molecule is NCC1c2oc(Cl)cc2CCC12CC2. The molecule has 2 N–H and O–H groups in total. The highest BCUT2D eigenvalue weighted by atomic mass is 35.5. The number of hydrogen-bond donors (Lipinski definition) is 1. The van der Waals surface area contributed by atoms with Gasteiger partial charge in [-0.2, -0.15) is 0 Å². The fourth-order valence-electron chi connectivity index (χ4n) is 2.85. The van der Waals surface area contributed by atoms with E-state index >= 15 is 0 Å². The summed E-state index contributed by atoms with van der Waals surface area (Å²) in [4.78, 5) is 0. The van der Waals surface area contributed by atoms with Crippen molar-refractivity contribution in [2.24, 2.45) is 11.1 Å². The Bertz CT molecular complexity index is 367. The molecule has 1 heterocycles. The second-order valence-corrected chi connectivity index (χ2v) is 4.96. The topological polar surface area (TPSA) is 39.2 Å². The number of furan rings is 1. The van der Waals surface area contributed by atoms with Crippen LogP contribution in [0.25, 0.3) is 0 Å². The quantitative estimate of drug-likeness (QED) is 0.776. The molecule has 2 nitrogen and oxygen atoms in total. The second-order valence-electron chi connectivity index (χ2n) is 4.59. The van der Waals surface area contributed by atoms with Crippen LogP contribution in [0, 0.1) is 5.41 Å². The normalized spacial score (nSPS) is 27.7. The Balaban J connectivity index is 2.05. The van der Waals surface area contributed by atoms with Crippen molar-refractivity contribution in [1.82, 2.24) is 0 Å². The zero-order valence-electron chi connectivity index (χ0n) is 8.05. The standard InChI is InChI=1S/C11H14ClNO/c12-9-5-7-1-2-11(3-4-11)8(6-13)10(7)14-9/h5,8H,1-4,6,13H2. The van der Waals surface area contributed by atoms with E-state index in [0.29, 0.717) is 23.1 Å². The summed E-state index contributed by atoms with van der Waals surface area (Å²) < 4.78 is 5.57. The molecule has 1 aromatic rings. The van der Waals surface area contributed by atoms with Crippen LogP contribution >= 0.6 is 11.6 Å². The van der Waals surface area contributed by atoms with E-state index in [1.54, 1.807) is 0 Å². The summed E-state index contributed by atoms with van der Waals surface area (Å²) >= 11 is 5.88. The summed E-state index contributed by atoms with van der Waals surface area (Å²) in [5.74, 6) is 1.49. The molecular formula is C11H14ClNO. The Hall–Kier alpha value is -0.470. The Morgan fingerprint density at radius 3 is 2.93 bits per heavy atom. The Labute approximate surface area is 88.4 Å². The maximum atomic E-state index is 5.88. The summed E-state index contributed by atoms with van der Waals surface area (Å²) in [6.07, 6.45) is 5.00. The smallest absolute Gasteiger partial charge is 0.193 e. The average Bonchev–Trinajstić information content (AvgIpc) is 2.82. The van der Waals surface area contributed by atoms with E-state index < -0.39 is 0 Å². The number of nitrogens with two attached hydrogens (primary N) is 1. The van der Waals surface area contributed by atoms with Gasteiger partial charge < -0.3 is 10.2 Å². The summed E-state index contributed by atoms with van der Waals surface area (Å²) in [7, 11) is 0. The van der Waals surface area contributed by atoms with E-state index in [0.717, 1.165) is 12.2 Å². The molecule has 3 heteroatoms. The van der Waals surface area contributed by atoms with Crippen LogP contribution in [0.1, 0.15) is 36.5 Å². The molecule has 2 aliphatic carbocycles. The van der Waals surface area contributed by atoms with Crippen molar-refractivity contribution in [3.05, 3.63) is 22.6 Å². The van der Waals surface area contributed by atoms with Crippen LogP contribution in [0.4, 0.5) is 0 Å². The lowest BCUT2D eigenvalue weighted by Gasteiger charge is -2.29. The molecule has 0 bridgehead atoms. The van der Waals surface area contributed by atoms with Gasteiger partial charge in [-0.1, -0.05) is 0 Å². The highest BCUT2D eigenvalue weighted by molar-refractivity contribution is 6.28. The van der Waals surface area contributed by atoms with Crippen molar-refractivity contribution < 1.29 is 4.42 Å². The van der Waals surface area contributed by atoms with Crippen molar-refractivity contribution in [3.63, 3.8) is 0 Å². The first-order valence-corrected chi connectivity index (χ1v) is 5.61. The van der Waals surface area contributed by atoms with Crippen LogP contribution in [0.2, 0.25) is 5.22 Å². The molecule has 1 saturated carbocycles. The second kappa shape index (κ2) is 2.77. The van der Waals surface area contributed by atoms with Gasteiger partial charge in [-0.25, -0.2) is 0 Å². The van der Waals surface area contributed by atoms with Crippen LogP contribution < -0.4 is 5.73 Å². The van der Waals surface area contributed by atoms with E-state index in [-0.39, 0.29) is 0 Å². The maximum absolute atomic E-state index is 5.88. The summed E-state index contributed by atoms with van der Waals surface area (Å²) in [5.41, 5.74) is 7.60. The summed E-state index contributed by atoms with van der Waals surface area (Å²) in [6.45, 7) is 0.691. The molecule has 1 spiro atoms. The first-order chi connectivity index (χ1) is 6.75. The van der Waals surface area contributed by atoms with Crippen molar-refractivity contribution in [1.29, 1.82) is 0 Å². The maximum Gasteiger partial charge on any atom is 0.193 e. The van der Waals surface area contributed by atoms with Gasteiger partial charge in [0, 0.05) is 12.5 Å². The van der Waals surface area contributed by atoms with Gasteiger partial charge in [0.15, 0.2) is 5.22 Å². The molecular weight excluding hydrogens is 198 g/mol. The highest BCUT2D eigenvalue weighted by Gasteiger charge is 2.52. The molecule has 1 atom stereocenters. The van der Waals surface area contributed by atoms with Gasteiger partial charge in [0.2, 0.25) is 0 Å². The molecule has 1 fully saturated rings. The minimum absolute atomic E-state index is 0.416. The lowest BCUT2D eigenvalue weighted by molar-refractivity contribution is 0.300. The lowest BCUT2D eigenvalue weighted by Crippen LogP contribution is -2.27. The molecule has 2 aliphatic rings. The summed E-state index contributed by atoms with van der Waals surface area (Å²) in [5, 5.41) is 0.520. The van der Waals surface area contributed by atoms with Crippen molar-refractivity contribution >= 4 is 11.6 Å². The van der Waals surface area contributed by atoms with Crippen molar-refractivity contribution in [3.8, 4) is 0 Å². The average molecular weight is 212 g/mol. The molecule has 1 aromatic heterocycles. The lowest BCUT2D eigenvalue weighted by atomic mass is 9.76. The zero-order valence-corrected chi connectivity index (χ0v) is 8.81. The summed E-state index contributed by atoms with van der Waals surface area (Å²) in [6, 6.07) is 1.95. The monoisotopic (exact) mass is 211 g/mol. The van der Waals surface area contributed by atoms with Crippen LogP contribution in [-0.4, -0.2) is 6.54 Å². The van der Waals surface area contributed by atoms with Gasteiger partial charge in [0.05, 0.1) is 0 Å². The van der Waals surface area contributed by atoms with Gasteiger partial charge in [0.1, 0.15) is 5.76 Å². The van der Waals surface area contributed by atoms with Gasteiger partial charge in [-0.3, -0.25) is 0 Å². The van der Waals surface area contributed by atoms with E-state index in [1.807, 2.05) is 6.07 Å². The van der Waals surface area contributed by atoms with Crippen LogP contribution in [0.5, 0.6) is 0 Å². The predicted octanol–water partition coefficient (Wildman–Crippen LogP) is 2.70. The molecule has 0 radical (unpaired) electrons. The van der Waals surface area contributed by atoms with E-state index in [1.165, 1.54) is 24.8 Å². The highest BCUT2D eigenvalue weighted by Crippen LogP contribution is 2.61. The third-order valence-electron chi connectivity index (χ3n) is 3.89. The molecule has 0 amide bonds. The minimum Gasteiger partial charge on any atom is -0.449 e. The molecule has 3 rings (SSSR count). The molecule has 0 aromatic carbocycles. The third-order valence-corrected chi connectivity index (χ3v) is 4.07.